The first kappa shape index (κ1) is 15.3. The number of nitrogens with two attached hydrogens (primary N) is 1. The van der Waals surface area contributed by atoms with Gasteiger partial charge in [-0.25, -0.2) is 0 Å². The Kier molecular flexibility index (Phi) is 4.76. The van der Waals surface area contributed by atoms with Crippen molar-refractivity contribution >= 4 is 11.4 Å². The quantitative estimate of drug-likeness (QED) is 0.678. The van der Waals surface area contributed by atoms with Gasteiger partial charge < -0.3 is 10.6 Å². The highest BCUT2D eigenvalue weighted by Gasteiger charge is 2.27. The van der Waals surface area contributed by atoms with Crippen molar-refractivity contribution in [2.24, 2.45) is 11.7 Å². The molecule has 0 aromatic heterocycles. The molecule has 1 heterocycles. The van der Waals surface area contributed by atoms with Gasteiger partial charge in [0.1, 0.15) is 11.6 Å². The molecule has 21 heavy (non-hydrogen) atoms. The zero-order chi connectivity index (χ0) is 15.4. The van der Waals surface area contributed by atoms with E-state index < -0.39 is 4.92 Å². The fraction of sp³-hybridized carbons (Fsp3) is 0.533. The minimum Gasteiger partial charge on any atom is -0.367 e. The molecule has 0 spiro atoms. The van der Waals surface area contributed by atoms with E-state index in [4.69, 9.17) is 11.0 Å². The van der Waals surface area contributed by atoms with E-state index in [1.807, 2.05) is 6.07 Å². The highest BCUT2D eigenvalue weighted by Crippen LogP contribution is 2.31. The first-order valence-corrected chi connectivity index (χ1v) is 7.26. The van der Waals surface area contributed by atoms with E-state index in [1.165, 1.54) is 6.07 Å². The van der Waals surface area contributed by atoms with E-state index >= 15 is 0 Å². The molecular weight excluding hydrogens is 268 g/mol. The van der Waals surface area contributed by atoms with Gasteiger partial charge in [-0.2, -0.15) is 5.26 Å². The Morgan fingerprint density at radius 1 is 1.57 bits per heavy atom. The normalized spacial score (nSPS) is 21.9. The van der Waals surface area contributed by atoms with Crippen LogP contribution < -0.4 is 10.6 Å². The van der Waals surface area contributed by atoms with Gasteiger partial charge in [0.25, 0.3) is 5.69 Å². The highest BCUT2D eigenvalue weighted by atomic mass is 16.6. The van der Waals surface area contributed by atoms with Crippen LogP contribution in [0, 0.1) is 27.4 Å². The molecule has 0 bridgehead atoms. The molecule has 0 amide bonds. The van der Waals surface area contributed by atoms with E-state index in [9.17, 15) is 10.1 Å². The second-order valence-corrected chi connectivity index (χ2v) is 5.45. The number of nitriles is 1. The van der Waals surface area contributed by atoms with E-state index in [1.54, 1.807) is 12.1 Å². The van der Waals surface area contributed by atoms with Crippen molar-refractivity contribution in [3.63, 3.8) is 0 Å². The van der Waals surface area contributed by atoms with Crippen molar-refractivity contribution in [1.82, 2.24) is 0 Å². The Morgan fingerprint density at radius 2 is 2.33 bits per heavy atom. The lowest BCUT2D eigenvalue weighted by molar-refractivity contribution is -0.385. The summed E-state index contributed by atoms with van der Waals surface area (Å²) >= 11 is 0. The number of piperidine rings is 1. The van der Waals surface area contributed by atoms with Gasteiger partial charge in [0.2, 0.25) is 0 Å². The molecule has 0 saturated carbocycles. The molecule has 1 fully saturated rings. The van der Waals surface area contributed by atoms with Gasteiger partial charge in [-0.3, -0.25) is 10.1 Å². The van der Waals surface area contributed by atoms with Gasteiger partial charge in [0.05, 0.1) is 4.92 Å². The first-order chi connectivity index (χ1) is 10.1. The number of hydrogen-bond acceptors (Lipinski definition) is 5. The monoisotopic (exact) mass is 288 g/mol. The van der Waals surface area contributed by atoms with Crippen molar-refractivity contribution in [3.05, 3.63) is 33.9 Å². The van der Waals surface area contributed by atoms with Crippen LogP contribution in [0.25, 0.3) is 0 Å². The third-order valence-corrected chi connectivity index (χ3v) is 4.30. The lowest BCUT2D eigenvalue weighted by Crippen LogP contribution is -2.46. The summed E-state index contributed by atoms with van der Waals surface area (Å²) in [7, 11) is 0. The predicted octanol–water partition coefficient (Wildman–Crippen LogP) is 2.42. The Morgan fingerprint density at radius 3 is 2.90 bits per heavy atom. The summed E-state index contributed by atoms with van der Waals surface area (Å²) in [6.07, 6.45) is 3.27. The largest absolute Gasteiger partial charge is 0.367 e. The average Bonchev–Trinajstić information content (AvgIpc) is 2.53. The molecule has 1 saturated heterocycles. The van der Waals surface area contributed by atoms with Crippen LogP contribution in [0.3, 0.4) is 0 Å². The molecule has 2 rings (SSSR count). The van der Waals surface area contributed by atoms with Crippen LogP contribution in [0.4, 0.5) is 11.4 Å². The number of benzene rings is 1. The lowest BCUT2D eigenvalue weighted by Gasteiger charge is -2.40. The zero-order valence-electron chi connectivity index (χ0n) is 12.2. The second kappa shape index (κ2) is 6.55. The Balaban J connectivity index is 2.29. The molecule has 112 valence electrons. The Bertz CT molecular complexity index is 567. The van der Waals surface area contributed by atoms with E-state index in [0.717, 1.165) is 31.5 Å². The number of hydrogen-bond donors (Lipinski definition) is 1. The molecule has 2 unspecified atom stereocenters. The minimum absolute atomic E-state index is 0.103. The summed E-state index contributed by atoms with van der Waals surface area (Å²) in [5, 5.41) is 20.0. The molecule has 1 aliphatic heterocycles. The van der Waals surface area contributed by atoms with Crippen molar-refractivity contribution in [2.45, 2.75) is 32.2 Å². The third kappa shape index (κ3) is 3.14. The number of anilines is 1. The maximum atomic E-state index is 10.9. The van der Waals surface area contributed by atoms with Gasteiger partial charge >= 0.3 is 0 Å². The smallest absolute Gasteiger partial charge is 0.287 e. The molecule has 0 radical (unpaired) electrons. The van der Waals surface area contributed by atoms with Crippen molar-refractivity contribution in [3.8, 4) is 6.07 Å². The van der Waals surface area contributed by atoms with Crippen LogP contribution >= 0.6 is 0 Å². The van der Waals surface area contributed by atoms with Crippen molar-refractivity contribution < 1.29 is 4.92 Å². The van der Waals surface area contributed by atoms with Crippen LogP contribution in [-0.2, 0) is 0 Å². The highest BCUT2D eigenvalue weighted by molar-refractivity contribution is 5.60. The maximum Gasteiger partial charge on any atom is 0.287 e. The summed E-state index contributed by atoms with van der Waals surface area (Å²) in [5.41, 5.74) is 6.69. The summed E-state index contributed by atoms with van der Waals surface area (Å²) in [5.74, 6) is 0.684. The third-order valence-electron chi connectivity index (χ3n) is 4.30. The van der Waals surface area contributed by atoms with Crippen LogP contribution in [0.2, 0.25) is 0 Å². The SMILES string of the molecule is CCC1CCN(c2ccc([N+](=O)[O-])c(C#N)c2)C(CN)C1. The van der Waals surface area contributed by atoms with E-state index in [2.05, 4.69) is 11.8 Å². The predicted molar refractivity (Wildman–Crippen MR) is 81.0 cm³/mol. The lowest BCUT2D eigenvalue weighted by atomic mass is 9.88. The van der Waals surface area contributed by atoms with Crippen LogP contribution in [0.1, 0.15) is 31.7 Å². The first-order valence-electron chi connectivity index (χ1n) is 7.26. The van der Waals surface area contributed by atoms with Crippen LogP contribution in [0.15, 0.2) is 18.2 Å². The van der Waals surface area contributed by atoms with Gasteiger partial charge in [-0.15, -0.1) is 0 Å². The summed E-state index contributed by atoms with van der Waals surface area (Å²) in [6, 6.07) is 6.87. The standard InChI is InChI=1S/C15H20N4O2/c1-2-11-5-6-18(14(7-11)10-17)13-3-4-15(19(20)21)12(8-13)9-16/h3-4,8,11,14H,2,5-7,10,17H2,1H3. The van der Waals surface area contributed by atoms with E-state index in [-0.39, 0.29) is 17.3 Å². The molecule has 2 atom stereocenters. The topological polar surface area (TPSA) is 96.2 Å². The Hall–Kier alpha value is -2.13. The molecule has 1 aliphatic rings. The summed E-state index contributed by atoms with van der Waals surface area (Å²) in [6.45, 7) is 3.62. The van der Waals surface area contributed by atoms with Gasteiger partial charge in [-0.05, 0) is 30.9 Å². The van der Waals surface area contributed by atoms with Crippen LogP contribution in [0.5, 0.6) is 0 Å². The molecular formula is C15H20N4O2. The molecule has 6 heteroatoms. The average molecular weight is 288 g/mol. The molecule has 2 N–H and O–H groups in total. The maximum absolute atomic E-state index is 10.9. The minimum atomic E-state index is -0.522. The molecule has 1 aromatic rings. The van der Waals surface area contributed by atoms with Gasteiger partial charge in [-0.1, -0.05) is 13.3 Å². The molecule has 0 aliphatic carbocycles. The number of nitro benzene ring substituents is 1. The second-order valence-electron chi connectivity index (χ2n) is 5.45. The van der Waals surface area contributed by atoms with E-state index in [0.29, 0.717) is 12.5 Å². The number of nitro groups is 1. The zero-order valence-corrected chi connectivity index (χ0v) is 12.2. The fourth-order valence-electron chi connectivity index (χ4n) is 3.02. The Labute approximate surface area is 124 Å². The van der Waals surface area contributed by atoms with Gasteiger partial charge in [0.15, 0.2) is 0 Å². The van der Waals surface area contributed by atoms with Gasteiger partial charge in [0, 0.05) is 30.9 Å². The molecule has 1 aromatic carbocycles. The fourth-order valence-corrected chi connectivity index (χ4v) is 3.02. The number of nitrogens with zero attached hydrogens (tertiary/aromatic N) is 3. The molecule has 6 nitrogen and oxygen atoms in total. The van der Waals surface area contributed by atoms with Crippen LogP contribution in [-0.4, -0.2) is 24.1 Å². The summed E-state index contributed by atoms with van der Waals surface area (Å²) in [4.78, 5) is 12.5. The summed E-state index contributed by atoms with van der Waals surface area (Å²) < 4.78 is 0. The van der Waals surface area contributed by atoms with Crippen molar-refractivity contribution in [1.29, 1.82) is 5.26 Å². The number of rotatable bonds is 4. The van der Waals surface area contributed by atoms with Crippen molar-refractivity contribution in [2.75, 3.05) is 18.0 Å².